The number of hydrogen-bond donors (Lipinski definition) is 3. The van der Waals surface area contributed by atoms with Gasteiger partial charge in [0.2, 0.25) is 5.91 Å². The van der Waals surface area contributed by atoms with Crippen molar-refractivity contribution in [2.45, 2.75) is 73.1 Å². The van der Waals surface area contributed by atoms with E-state index >= 15 is 0 Å². The molecule has 2 aliphatic heterocycles. The molecule has 0 bridgehead atoms. The van der Waals surface area contributed by atoms with Gasteiger partial charge in [-0.2, -0.15) is 0 Å². The number of β-lactam (4-membered cyclic amide) rings is 1. The first-order valence-electron chi connectivity index (χ1n) is 20.6. The van der Waals surface area contributed by atoms with Gasteiger partial charge in [-0.1, -0.05) is 171 Å². The van der Waals surface area contributed by atoms with Crippen LogP contribution in [0.5, 0.6) is 0 Å². The van der Waals surface area contributed by atoms with Gasteiger partial charge in [0.1, 0.15) is 16.8 Å². The Morgan fingerprint density at radius 3 is 1.52 bits per heavy atom. The van der Waals surface area contributed by atoms with Crippen LogP contribution in [0.1, 0.15) is 78.0 Å². The number of rotatable bonds is 13. The topological polar surface area (TPSA) is 143 Å². The van der Waals surface area contributed by atoms with Gasteiger partial charge in [0, 0.05) is 12.2 Å². The van der Waals surface area contributed by atoms with Crippen molar-refractivity contribution < 1.29 is 33.4 Å². The van der Waals surface area contributed by atoms with Crippen LogP contribution in [0.15, 0.2) is 163 Å². The van der Waals surface area contributed by atoms with Crippen LogP contribution in [0, 0.1) is 0 Å². The summed E-state index contributed by atoms with van der Waals surface area (Å²) in [6.45, 7) is 0. The average molecular weight is 835 g/mol. The van der Waals surface area contributed by atoms with E-state index in [1.807, 2.05) is 121 Å². The molecule has 0 radical (unpaired) electrons. The molecule has 0 aromatic heterocycles. The molecule has 310 valence electrons. The Morgan fingerprint density at radius 2 is 1.03 bits per heavy atom. The zero-order valence-electron chi connectivity index (χ0n) is 33.3. The first-order valence-corrected chi connectivity index (χ1v) is 21.5. The van der Waals surface area contributed by atoms with E-state index in [-0.39, 0.29) is 11.6 Å². The number of nitrogens with one attached hydrogen (secondary N) is 3. The van der Waals surface area contributed by atoms with E-state index in [2.05, 4.69) is 16.0 Å². The minimum atomic E-state index is -1.42. The van der Waals surface area contributed by atoms with Crippen molar-refractivity contribution >= 4 is 41.5 Å². The Labute approximate surface area is 358 Å². The molecule has 5 aromatic rings. The number of esters is 2. The highest BCUT2D eigenvalue weighted by Gasteiger charge is 2.54. The quantitative estimate of drug-likeness (QED) is 0.0623. The zero-order chi connectivity index (χ0) is 42.1. The van der Waals surface area contributed by atoms with Gasteiger partial charge < -0.3 is 30.3 Å². The third kappa shape index (κ3) is 9.55. The number of nitrogens with zero attached hydrogens (tertiary/aromatic N) is 1. The predicted octanol–water partition coefficient (Wildman–Crippen LogP) is 7.68. The monoisotopic (exact) mass is 834 g/mol. The summed E-state index contributed by atoms with van der Waals surface area (Å²) in [6, 6.07) is 44.2. The second-order valence-corrected chi connectivity index (χ2v) is 16.5. The Bertz CT molecular complexity index is 2270. The number of urea groups is 1. The number of carbonyl (C=O) groups is 5. The highest BCUT2D eigenvalue weighted by Crippen LogP contribution is 2.41. The SMILES string of the molecule is O=C(NC1CCCCC1)NC1S[C@@H]2C(NC(=O)C(C(=O)OC(c3ccccc3)c3ccccc3)c3ccccc3)C(=O)N2C=C1C(=O)OC(c1ccccc1)c1ccccc1. The second kappa shape index (κ2) is 19.2. The van der Waals surface area contributed by atoms with Gasteiger partial charge in [0.25, 0.3) is 5.91 Å². The van der Waals surface area contributed by atoms with Crippen molar-refractivity contribution in [3.63, 3.8) is 0 Å². The summed E-state index contributed by atoms with van der Waals surface area (Å²) in [5.41, 5.74) is 3.40. The van der Waals surface area contributed by atoms with E-state index in [4.69, 9.17) is 9.47 Å². The van der Waals surface area contributed by atoms with Crippen molar-refractivity contribution in [1.82, 2.24) is 20.9 Å². The van der Waals surface area contributed by atoms with Crippen molar-refractivity contribution in [1.29, 1.82) is 0 Å². The average Bonchev–Trinajstić information content (AvgIpc) is 3.30. The number of ether oxygens (including phenoxy) is 2. The normalized spacial score (nSPS) is 19.1. The van der Waals surface area contributed by atoms with Crippen molar-refractivity contribution in [3.8, 4) is 0 Å². The van der Waals surface area contributed by atoms with Crippen LogP contribution in [0.3, 0.4) is 0 Å². The largest absolute Gasteiger partial charge is 0.452 e. The van der Waals surface area contributed by atoms with Crippen LogP contribution in [0.25, 0.3) is 0 Å². The van der Waals surface area contributed by atoms with Gasteiger partial charge in [0.05, 0.1) is 5.57 Å². The molecule has 11 nitrogen and oxygen atoms in total. The van der Waals surface area contributed by atoms with E-state index in [9.17, 15) is 24.0 Å². The minimum Gasteiger partial charge on any atom is -0.452 e. The van der Waals surface area contributed by atoms with E-state index in [1.54, 1.807) is 30.3 Å². The number of amides is 4. The number of hydrogen-bond acceptors (Lipinski definition) is 8. The summed E-state index contributed by atoms with van der Waals surface area (Å²) in [6.07, 6.45) is 4.68. The molecular weight excluding hydrogens is 789 g/mol. The van der Waals surface area contributed by atoms with E-state index < -0.39 is 64.7 Å². The number of carbonyl (C=O) groups excluding carboxylic acids is 5. The second-order valence-electron chi connectivity index (χ2n) is 15.3. The molecule has 12 heteroatoms. The third-order valence-electron chi connectivity index (χ3n) is 11.2. The molecule has 2 heterocycles. The van der Waals surface area contributed by atoms with E-state index in [0.29, 0.717) is 5.56 Å². The summed E-state index contributed by atoms with van der Waals surface area (Å²) in [4.78, 5) is 71.7. The van der Waals surface area contributed by atoms with E-state index in [0.717, 1.165) is 66.1 Å². The van der Waals surface area contributed by atoms with Crippen LogP contribution in [-0.4, -0.2) is 57.5 Å². The molecule has 2 fully saturated rings. The highest BCUT2D eigenvalue weighted by molar-refractivity contribution is 8.00. The molecule has 3 N–H and O–H groups in total. The molecule has 4 amide bonds. The van der Waals surface area contributed by atoms with Gasteiger partial charge in [-0.05, 0) is 40.7 Å². The molecule has 0 spiro atoms. The number of thioether (sulfide) groups is 1. The lowest BCUT2D eigenvalue weighted by atomic mass is 9.96. The highest BCUT2D eigenvalue weighted by atomic mass is 32.2. The van der Waals surface area contributed by atoms with Gasteiger partial charge in [-0.25, -0.2) is 9.59 Å². The van der Waals surface area contributed by atoms with Crippen molar-refractivity contribution in [2.24, 2.45) is 0 Å². The van der Waals surface area contributed by atoms with Gasteiger partial charge in [-0.15, -0.1) is 11.8 Å². The fraction of sp³-hybridized carbons (Fsp3) is 0.245. The summed E-state index contributed by atoms with van der Waals surface area (Å²) in [5.74, 6) is -4.15. The molecule has 1 saturated heterocycles. The Balaban J connectivity index is 1.05. The maximum absolute atomic E-state index is 14.3. The van der Waals surface area contributed by atoms with Crippen LogP contribution in [0.4, 0.5) is 4.79 Å². The summed E-state index contributed by atoms with van der Waals surface area (Å²) >= 11 is 1.13. The standard InChI is InChI=1S/C49H46N4O7S/c54-43(39(32-19-7-1-8-20-32)48(57)60-42(35-25-13-4-14-26-35)36-27-15-5-16-28-36)51-40-45(55)53-31-38(44(61-46(40)53)52-49(58)50-37-29-17-6-18-30-37)47(56)59-41(33-21-9-2-10-22-33)34-23-11-3-12-24-34/h1-5,7-16,19-28,31,37,39-42,44,46H,6,17-18,29-30H2,(H,51,54)(H2,50,52,58)/t39?,40?,44?,46-/m1/s1. The molecule has 4 atom stereocenters. The molecule has 61 heavy (non-hydrogen) atoms. The van der Waals surface area contributed by atoms with Crippen molar-refractivity contribution in [3.05, 3.63) is 191 Å². The van der Waals surface area contributed by atoms with Gasteiger partial charge in [0.15, 0.2) is 18.1 Å². The number of fused-ring (bicyclic) bond motifs is 1. The maximum atomic E-state index is 14.3. The summed E-state index contributed by atoms with van der Waals surface area (Å²) in [5, 5.41) is 7.17. The lowest BCUT2D eigenvalue weighted by Crippen LogP contribution is -2.70. The Hall–Kier alpha value is -6.66. The lowest BCUT2D eigenvalue weighted by molar-refractivity contribution is -0.154. The van der Waals surface area contributed by atoms with Crippen LogP contribution >= 0.6 is 11.8 Å². The van der Waals surface area contributed by atoms with E-state index in [1.165, 1.54) is 11.1 Å². The molecular formula is C49H46N4O7S. The Kier molecular flexibility index (Phi) is 12.9. The third-order valence-corrected chi connectivity index (χ3v) is 12.6. The molecule has 8 rings (SSSR count). The molecule has 5 aromatic carbocycles. The first kappa shape index (κ1) is 41.1. The van der Waals surface area contributed by atoms with Crippen molar-refractivity contribution in [2.75, 3.05) is 0 Å². The minimum absolute atomic E-state index is 0.00543. The van der Waals surface area contributed by atoms with Gasteiger partial charge >= 0.3 is 18.0 Å². The van der Waals surface area contributed by atoms with Crippen LogP contribution < -0.4 is 16.0 Å². The lowest BCUT2D eigenvalue weighted by Gasteiger charge is -2.49. The fourth-order valence-corrected chi connectivity index (χ4v) is 9.39. The predicted molar refractivity (Wildman–Crippen MR) is 231 cm³/mol. The Morgan fingerprint density at radius 1 is 0.574 bits per heavy atom. The molecule has 1 aliphatic carbocycles. The number of benzene rings is 5. The summed E-state index contributed by atoms with van der Waals surface area (Å²) < 4.78 is 12.4. The van der Waals surface area contributed by atoms with Crippen LogP contribution in [-0.2, 0) is 28.7 Å². The van der Waals surface area contributed by atoms with Gasteiger partial charge in [-0.3, -0.25) is 14.4 Å². The maximum Gasteiger partial charge on any atom is 0.339 e. The fourth-order valence-electron chi connectivity index (χ4n) is 8.00. The zero-order valence-corrected chi connectivity index (χ0v) is 34.1. The smallest absolute Gasteiger partial charge is 0.339 e. The molecule has 3 aliphatic rings. The first-order chi connectivity index (χ1) is 29.8. The van der Waals surface area contributed by atoms with Crippen LogP contribution in [0.2, 0.25) is 0 Å². The summed E-state index contributed by atoms with van der Waals surface area (Å²) in [7, 11) is 0. The molecule has 1 saturated carbocycles. The molecule has 3 unspecified atom stereocenters.